The van der Waals surface area contributed by atoms with E-state index in [0.29, 0.717) is 32.2 Å². The molecule has 0 aliphatic heterocycles. The third-order valence-corrected chi connectivity index (χ3v) is 24.6. The van der Waals surface area contributed by atoms with Gasteiger partial charge in [-0.15, -0.1) is 0 Å². The summed E-state index contributed by atoms with van der Waals surface area (Å²) in [4.78, 5) is 0. The van der Waals surface area contributed by atoms with Gasteiger partial charge in [0.15, 0.2) is 0 Å². The molecule has 0 aliphatic carbocycles. The summed E-state index contributed by atoms with van der Waals surface area (Å²) < 4.78 is 42.5. The van der Waals surface area contributed by atoms with Crippen molar-refractivity contribution in [3.63, 3.8) is 0 Å². The van der Waals surface area contributed by atoms with E-state index in [-0.39, 0.29) is 5.54 Å². The van der Waals surface area contributed by atoms with E-state index in [1.54, 1.807) is 37.3 Å². The molecule has 0 saturated heterocycles. The zero-order chi connectivity index (χ0) is 37.1. The Labute approximate surface area is 310 Å². The third-order valence-electron chi connectivity index (χ3n) is 9.59. The molecule has 0 aromatic heterocycles. The number of nitrogens with one attached hydrogen (secondary N) is 2. The van der Waals surface area contributed by atoms with Crippen LogP contribution in [0.25, 0.3) is 0 Å². The molecule has 1 aromatic rings. The summed E-state index contributed by atoms with van der Waals surface area (Å²) in [5.74, 6) is 0.355. The average Bonchev–Trinajstić information content (AvgIpc) is 3.05. The first kappa shape index (κ1) is 47.2. The molecule has 15 heteroatoms. The second-order valence-corrected chi connectivity index (χ2v) is 31.9. The summed E-state index contributed by atoms with van der Waals surface area (Å²) in [6.45, 7) is 29.6. The van der Waals surface area contributed by atoms with Crippen molar-refractivity contribution in [1.82, 2.24) is 10.6 Å². The second-order valence-electron chi connectivity index (χ2n) is 13.9. The maximum atomic E-state index is 6.12. The first-order chi connectivity index (χ1) is 23.3. The molecule has 1 unspecified atom stereocenters. The molecule has 288 valence electrons. The number of hydrogen-bond acceptors (Lipinski definition) is 9. The quantitative estimate of drug-likeness (QED) is 0.0703. The molecule has 0 saturated carbocycles. The number of hydrogen-bond donors (Lipinski definition) is 2. The van der Waals surface area contributed by atoms with Crippen LogP contribution < -0.4 is 21.0 Å². The van der Waals surface area contributed by atoms with Crippen LogP contribution in [-0.2, 0) is 37.4 Å². The first-order valence-corrected chi connectivity index (χ1v) is 33.5. The molecule has 1 rings (SSSR count). The van der Waals surface area contributed by atoms with Gasteiger partial charge in [0.05, 0.1) is 32.7 Å². The van der Waals surface area contributed by atoms with Crippen molar-refractivity contribution in [1.29, 1.82) is 0 Å². The van der Waals surface area contributed by atoms with Crippen molar-refractivity contribution < 1.29 is 31.0 Å². The lowest BCUT2D eigenvalue weighted by molar-refractivity contribution is 0.114. The minimum absolute atomic E-state index is 0.0638. The van der Waals surface area contributed by atoms with Crippen molar-refractivity contribution >= 4 is 63.4 Å². The van der Waals surface area contributed by atoms with E-state index in [1.165, 1.54) is 11.6 Å². The zero-order valence-electron chi connectivity index (χ0n) is 34.0. The highest BCUT2D eigenvalue weighted by Crippen LogP contribution is 2.31. The molecule has 0 amide bonds. The zero-order valence-corrected chi connectivity index (χ0v) is 40.7. The molecular formula is C34H76N2O7Si6. The molecule has 0 radical (unpaired) electrons. The van der Waals surface area contributed by atoms with Gasteiger partial charge in [0.2, 0.25) is 0 Å². The predicted molar refractivity (Wildman–Crippen MR) is 224 cm³/mol. The Balaban J connectivity index is 3.26. The van der Waals surface area contributed by atoms with Gasteiger partial charge in [0, 0.05) is 53.5 Å². The number of benzene rings is 1. The van der Waals surface area contributed by atoms with Crippen LogP contribution in [0.4, 0.5) is 0 Å². The van der Waals surface area contributed by atoms with Crippen LogP contribution in [0.15, 0.2) is 12.1 Å². The highest BCUT2D eigenvalue weighted by atomic mass is 28.4. The van der Waals surface area contributed by atoms with Crippen LogP contribution >= 0.6 is 0 Å². The largest absolute Gasteiger partial charge is 0.507 e. The van der Waals surface area contributed by atoms with E-state index in [9.17, 15) is 0 Å². The van der Waals surface area contributed by atoms with Gasteiger partial charge < -0.3 is 41.6 Å². The first-order valence-electron chi connectivity index (χ1n) is 19.1. The van der Waals surface area contributed by atoms with E-state index in [4.69, 9.17) is 31.0 Å². The van der Waals surface area contributed by atoms with Crippen LogP contribution in [0.3, 0.4) is 0 Å². The normalized spacial score (nSPS) is 14.0. The molecule has 49 heavy (non-hydrogen) atoms. The summed E-state index contributed by atoms with van der Waals surface area (Å²) in [7, 11) is -4.56. The minimum atomic E-state index is -2.88. The fourth-order valence-corrected chi connectivity index (χ4v) is 21.1. The summed E-state index contributed by atoms with van der Waals surface area (Å²) in [5, 5.41) is 11.2. The van der Waals surface area contributed by atoms with Crippen molar-refractivity contribution in [2.75, 3.05) is 60.8 Å². The number of rotatable bonds is 29. The SMILES string of the molecule is CCO[Si](C)(CCCNC(NCCC[Si](C)(OCC)OCC)[SiH2]CCc1c(C(C)[Si](OC)(OC)OC)ccc([SiH](C)C)c1[SiH](C)C)OCC. The summed E-state index contributed by atoms with van der Waals surface area (Å²) in [6, 6.07) is 8.04. The Morgan fingerprint density at radius 1 is 0.714 bits per heavy atom. The monoisotopic (exact) mass is 792 g/mol. The van der Waals surface area contributed by atoms with E-state index in [0.717, 1.165) is 44.4 Å². The van der Waals surface area contributed by atoms with Crippen LogP contribution in [0.2, 0.25) is 57.4 Å². The molecule has 0 heterocycles. The van der Waals surface area contributed by atoms with Crippen molar-refractivity contribution in [2.45, 2.75) is 123 Å². The second kappa shape index (κ2) is 24.5. The van der Waals surface area contributed by atoms with Gasteiger partial charge in [-0.3, -0.25) is 0 Å². The molecular weight excluding hydrogens is 717 g/mol. The van der Waals surface area contributed by atoms with Gasteiger partial charge >= 0.3 is 25.9 Å². The van der Waals surface area contributed by atoms with Crippen LogP contribution in [0, 0.1) is 0 Å². The Kier molecular flexibility index (Phi) is 23.6. The molecule has 0 aliphatic rings. The Morgan fingerprint density at radius 2 is 1.16 bits per heavy atom. The maximum Gasteiger partial charge on any atom is 0.507 e. The molecule has 1 aromatic carbocycles. The third kappa shape index (κ3) is 15.2. The maximum absolute atomic E-state index is 6.12. The summed E-state index contributed by atoms with van der Waals surface area (Å²) in [5.41, 5.74) is 2.99. The van der Waals surface area contributed by atoms with Crippen LogP contribution in [0.5, 0.6) is 0 Å². The highest BCUT2D eigenvalue weighted by molar-refractivity contribution is 6.82. The average molecular weight is 794 g/mol. The molecule has 9 nitrogen and oxygen atoms in total. The molecule has 0 fully saturated rings. The van der Waals surface area contributed by atoms with E-state index in [2.05, 4.69) is 96.7 Å². The van der Waals surface area contributed by atoms with Gasteiger partial charge in [-0.25, -0.2) is 0 Å². The Morgan fingerprint density at radius 3 is 1.53 bits per heavy atom. The van der Waals surface area contributed by atoms with Gasteiger partial charge in [0.1, 0.15) is 0 Å². The van der Waals surface area contributed by atoms with Gasteiger partial charge in [-0.05, 0) is 96.4 Å². The lowest BCUT2D eigenvalue weighted by Crippen LogP contribution is -2.51. The fraction of sp³-hybridized carbons (Fsp3) is 0.824. The van der Waals surface area contributed by atoms with E-state index >= 15 is 0 Å². The fourth-order valence-electron chi connectivity index (χ4n) is 7.26. The van der Waals surface area contributed by atoms with Crippen LogP contribution in [-0.4, -0.2) is 120 Å². The lowest BCUT2D eigenvalue weighted by Gasteiger charge is -2.33. The van der Waals surface area contributed by atoms with Crippen LogP contribution in [0.1, 0.15) is 64.1 Å². The summed E-state index contributed by atoms with van der Waals surface area (Å²) in [6.07, 6.45) is 3.21. The molecule has 2 N–H and O–H groups in total. The van der Waals surface area contributed by atoms with Crippen molar-refractivity contribution in [3.05, 3.63) is 23.3 Å². The van der Waals surface area contributed by atoms with Crippen molar-refractivity contribution in [3.8, 4) is 0 Å². The predicted octanol–water partition coefficient (Wildman–Crippen LogP) is 4.26. The Bertz CT molecular complexity index is 989. The molecule has 0 bridgehead atoms. The molecule has 0 spiro atoms. The van der Waals surface area contributed by atoms with E-state index in [1.807, 2.05) is 0 Å². The van der Waals surface area contributed by atoms with Crippen molar-refractivity contribution in [2.24, 2.45) is 0 Å². The topological polar surface area (TPSA) is 88.7 Å². The molecule has 1 atom stereocenters. The standard InChI is InChI=1S/C34H76N2O7Si6/c1-15-40-47(13,41-16-2)27-19-24-35-34(36-25-20-28-48(14,42-17-3)43-18-4)44-26-23-31-30(29(5)49(37-6,38-7)39-8)21-22-32(45(9)10)33(31)46(11)12/h21-22,29,34-36,45-46H,15-20,23-28,44H2,1-14H3. The van der Waals surface area contributed by atoms with Gasteiger partial charge in [0.25, 0.3) is 0 Å². The Hall–Kier alpha value is 0.161. The summed E-state index contributed by atoms with van der Waals surface area (Å²) >= 11 is 0. The lowest BCUT2D eigenvalue weighted by atomic mass is 10.0. The van der Waals surface area contributed by atoms with Gasteiger partial charge in [-0.1, -0.05) is 61.7 Å². The highest BCUT2D eigenvalue weighted by Gasteiger charge is 2.46. The smallest absolute Gasteiger partial charge is 0.395 e. The van der Waals surface area contributed by atoms with E-state index < -0.39 is 53.0 Å². The van der Waals surface area contributed by atoms with Gasteiger partial charge in [-0.2, -0.15) is 0 Å². The minimum Gasteiger partial charge on any atom is -0.395 e.